The summed E-state index contributed by atoms with van der Waals surface area (Å²) in [5, 5.41) is 0. The summed E-state index contributed by atoms with van der Waals surface area (Å²) in [6, 6.07) is 5.35. The number of esters is 2. The van der Waals surface area contributed by atoms with Crippen LogP contribution in [0.3, 0.4) is 0 Å². The molecule has 0 saturated carbocycles. The summed E-state index contributed by atoms with van der Waals surface area (Å²) < 4.78 is 15.7. The van der Waals surface area contributed by atoms with E-state index in [1.165, 1.54) is 7.11 Å². The van der Waals surface area contributed by atoms with Crippen molar-refractivity contribution in [3.8, 4) is 11.5 Å². The minimum atomic E-state index is -0.551. The number of hydrogen-bond acceptors (Lipinski definition) is 5. The molecule has 0 aliphatic carbocycles. The first-order valence-electron chi connectivity index (χ1n) is 7.59. The van der Waals surface area contributed by atoms with Crippen LogP contribution in [-0.4, -0.2) is 25.2 Å². The maximum absolute atomic E-state index is 11.4. The third kappa shape index (κ3) is 5.26. The van der Waals surface area contributed by atoms with E-state index >= 15 is 0 Å². The smallest absolute Gasteiger partial charge is 0.335 e. The van der Waals surface area contributed by atoms with Crippen molar-refractivity contribution >= 4 is 11.9 Å². The molecule has 0 saturated heterocycles. The quantitative estimate of drug-likeness (QED) is 0.414. The molecule has 1 rings (SSSR count). The molecule has 1 atom stereocenters. The molecule has 0 N–H and O–H groups in total. The zero-order valence-corrected chi connectivity index (χ0v) is 14.6. The SMILES string of the molecule is C=CC(=O)Oc1ccc(C(C)(C)CC(C)OC(=O)C=C)cc1OC. The highest BCUT2D eigenvalue weighted by atomic mass is 16.6. The molecule has 0 aromatic heterocycles. The molecule has 1 aromatic rings. The van der Waals surface area contributed by atoms with Crippen LogP contribution in [0, 0.1) is 0 Å². The number of methoxy groups -OCH3 is 1. The van der Waals surface area contributed by atoms with Crippen LogP contribution < -0.4 is 9.47 Å². The Morgan fingerprint density at radius 2 is 1.79 bits per heavy atom. The second-order valence-electron chi connectivity index (χ2n) is 6.03. The molecule has 5 nitrogen and oxygen atoms in total. The Morgan fingerprint density at radius 1 is 1.17 bits per heavy atom. The van der Waals surface area contributed by atoms with Gasteiger partial charge in [0.25, 0.3) is 0 Å². The Kier molecular flexibility index (Phi) is 6.77. The molecule has 24 heavy (non-hydrogen) atoms. The average molecular weight is 332 g/mol. The van der Waals surface area contributed by atoms with E-state index in [4.69, 9.17) is 14.2 Å². The van der Waals surface area contributed by atoms with Crippen LogP contribution in [0.2, 0.25) is 0 Å². The number of carbonyl (C=O) groups is 2. The molecular formula is C19H24O5. The Hall–Kier alpha value is -2.56. The minimum Gasteiger partial charge on any atom is -0.493 e. The molecule has 1 unspecified atom stereocenters. The van der Waals surface area contributed by atoms with Gasteiger partial charge >= 0.3 is 11.9 Å². The normalized spacial score (nSPS) is 12.0. The third-order valence-corrected chi connectivity index (χ3v) is 3.60. The molecule has 0 aliphatic heterocycles. The fraction of sp³-hybridized carbons (Fsp3) is 0.368. The molecule has 0 heterocycles. The van der Waals surface area contributed by atoms with Gasteiger partial charge in [0.2, 0.25) is 0 Å². The largest absolute Gasteiger partial charge is 0.493 e. The van der Waals surface area contributed by atoms with Crippen LogP contribution >= 0.6 is 0 Å². The monoisotopic (exact) mass is 332 g/mol. The van der Waals surface area contributed by atoms with Gasteiger partial charge in [-0.05, 0) is 36.5 Å². The second-order valence-corrected chi connectivity index (χ2v) is 6.03. The van der Waals surface area contributed by atoms with Crippen LogP contribution in [0.5, 0.6) is 11.5 Å². The predicted molar refractivity (Wildman–Crippen MR) is 92.2 cm³/mol. The van der Waals surface area contributed by atoms with Gasteiger partial charge in [-0.2, -0.15) is 0 Å². The summed E-state index contributed by atoms with van der Waals surface area (Å²) in [5.41, 5.74) is 0.689. The van der Waals surface area contributed by atoms with Crippen LogP contribution in [0.4, 0.5) is 0 Å². The van der Waals surface area contributed by atoms with E-state index < -0.39 is 11.9 Å². The van der Waals surface area contributed by atoms with Crippen molar-refractivity contribution in [2.24, 2.45) is 0 Å². The van der Waals surface area contributed by atoms with Gasteiger partial charge in [0.05, 0.1) is 7.11 Å². The van der Waals surface area contributed by atoms with Gasteiger partial charge in [-0.3, -0.25) is 0 Å². The Morgan fingerprint density at radius 3 is 2.33 bits per heavy atom. The van der Waals surface area contributed by atoms with Crippen LogP contribution in [0.15, 0.2) is 43.5 Å². The lowest BCUT2D eigenvalue weighted by molar-refractivity contribution is -0.142. The van der Waals surface area contributed by atoms with Crippen molar-refractivity contribution in [1.29, 1.82) is 0 Å². The van der Waals surface area contributed by atoms with Gasteiger partial charge in [0.1, 0.15) is 6.10 Å². The van der Waals surface area contributed by atoms with E-state index in [9.17, 15) is 9.59 Å². The molecule has 1 aromatic carbocycles. The number of ether oxygens (including phenoxy) is 3. The van der Waals surface area contributed by atoms with Crippen molar-refractivity contribution in [3.63, 3.8) is 0 Å². The van der Waals surface area contributed by atoms with E-state index in [1.54, 1.807) is 6.07 Å². The molecule has 0 fully saturated rings. The number of benzene rings is 1. The minimum absolute atomic E-state index is 0.269. The van der Waals surface area contributed by atoms with E-state index in [-0.39, 0.29) is 11.5 Å². The Labute approximate surface area is 142 Å². The summed E-state index contributed by atoms with van der Waals surface area (Å²) in [4.78, 5) is 22.7. The van der Waals surface area contributed by atoms with E-state index in [0.717, 1.165) is 17.7 Å². The van der Waals surface area contributed by atoms with Gasteiger partial charge < -0.3 is 14.2 Å². The molecule has 130 valence electrons. The third-order valence-electron chi connectivity index (χ3n) is 3.60. The van der Waals surface area contributed by atoms with Gasteiger partial charge in [0.15, 0.2) is 11.5 Å². The van der Waals surface area contributed by atoms with Crippen molar-refractivity contribution in [1.82, 2.24) is 0 Å². The fourth-order valence-electron chi connectivity index (χ4n) is 2.45. The van der Waals surface area contributed by atoms with Crippen molar-refractivity contribution in [2.75, 3.05) is 7.11 Å². The highest BCUT2D eigenvalue weighted by Gasteiger charge is 2.26. The molecule has 0 radical (unpaired) electrons. The highest BCUT2D eigenvalue weighted by Crippen LogP contribution is 2.36. The van der Waals surface area contributed by atoms with E-state index in [2.05, 4.69) is 13.2 Å². The summed E-state index contributed by atoms with van der Waals surface area (Å²) in [7, 11) is 1.51. The number of rotatable bonds is 8. The van der Waals surface area contributed by atoms with Gasteiger partial charge in [-0.25, -0.2) is 9.59 Å². The molecule has 0 aliphatic rings. The Bertz CT molecular complexity index is 631. The van der Waals surface area contributed by atoms with Crippen molar-refractivity contribution in [2.45, 2.75) is 38.7 Å². The van der Waals surface area contributed by atoms with Crippen LogP contribution in [0.25, 0.3) is 0 Å². The lowest BCUT2D eigenvalue weighted by atomic mass is 9.80. The maximum Gasteiger partial charge on any atom is 0.335 e. The first-order chi connectivity index (χ1) is 11.2. The summed E-state index contributed by atoms with van der Waals surface area (Å²) in [6.07, 6.45) is 2.58. The molecule has 0 amide bonds. The average Bonchev–Trinajstić information content (AvgIpc) is 2.53. The standard InChI is InChI=1S/C19H24O5/c1-7-17(20)23-13(3)12-19(4,5)14-9-10-15(16(11-14)22-6)24-18(21)8-2/h7-11,13H,1-2,12H2,3-6H3. The first-order valence-corrected chi connectivity index (χ1v) is 7.59. The number of hydrogen-bond donors (Lipinski definition) is 0. The van der Waals surface area contributed by atoms with Crippen molar-refractivity contribution < 1.29 is 23.8 Å². The van der Waals surface area contributed by atoms with Gasteiger partial charge in [0, 0.05) is 12.2 Å². The van der Waals surface area contributed by atoms with Gasteiger partial charge in [-0.15, -0.1) is 0 Å². The number of carbonyl (C=O) groups excluding carboxylic acids is 2. The molecule has 0 bridgehead atoms. The topological polar surface area (TPSA) is 61.8 Å². The van der Waals surface area contributed by atoms with Crippen LogP contribution in [0.1, 0.15) is 32.8 Å². The van der Waals surface area contributed by atoms with Gasteiger partial charge in [-0.1, -0.05) is 33.1 Å². The summed E-state index contributed by atoms with van der Waals surface area (Å²) in [6.45, 7) is 12.7. The van der Waals surface area contributed by atoms with Crippen molar-refractivity contribution in [3.05, 3.63) is 49.1 Å². The molecular weight excluding hydrogens is 308 g/mol. The highest BCUT2D eigenvalue weighted by molar-refractivity contribution is 5.83. The Balaban J connectivity index is 2.98. The first kappa shape index (κ1) is 19.5. The zero-order valence-electron chi connectivity index (χ0n) is 14.6. The van der Waals surface area contributed by atoms with E-state index in [0.29, 0.717) is 17.9 Å². The van der Waals surface area contributed by atoms with E-state index in [1.807, 2.05) is 32.9 Å². The molecule has 0 spiro atoms. The summed E-state index contributed by atoms with van der Waals surface area (Å²) >= 11 is 0. The summed E-state index contributed by atoms with van der Waals surface area (Å²) in [5.74, 6) is -0.215. The second kappa shape index (κ2) is 8.34. The van der Waals surface area contributed by atoms with Crippen LogP contribution in [-0.2, 0) is 19.7 Å². The fourth-order valence-corrected chi connectivity index (χ4v) is 2.45. The zero-order chi connectivity index (χ0) is 18.3. The maximum atomic E-state index is 11.4. The predicted octanol–water partition coefficient (Wildman–Crippen LogP) is 3.57. The lowest BCUT2D eigenvalue weighted by Crippen LogP contribution is -2.26. The lowest BCUT2D eigenvalue weighted by Gasteiger charge is -2.29. The molecule has 5 heteroatoms.